The Balaban J connectivity index is 1.36. The molecule has 2 aromatic rings. The van der Waals surface area contributed by atoms with Crippen molar-refractivity contribution in [3.63, 3.8) is 0 Å². The van der Waals surface area contributed by atoms with Gasteiger partial charge in [-0.05, 0) is 12.8 Å². The van der Waals surface area contributed by atoms with Gasteiger partial charge >= 0.3 is 0 Å². The van der Waals surface area contributed by atoms with Gasteiger partial charge in [0, 0.05) is 25.7 Å². The second kappa shape index (κ2) is 6.62. The monoisotopic (exact) mass is 277 g/mol. The lowest BCUT2D eigenvalue weighted by molar-refractivity contribution is 0.0897. The fourth-order valence-electron chi connectivity index (χ4n) is 2.24. The van der Waals surface area contributed by atoms with Crippen LogP contribution in [0.15, 0.2) is 12.7 Å². The van der Waals surface area contributed by atoms with Gasteiger partial charge in [-0.2, -0.15) is 0 Å². The second-order valence-electron chi connectivity index (χ2n) is 4.91. The summed E-state index contributed by atoms with van der Waals surface area (Å²) >= 11 is 0. The third-order valence-electron chi connectivity index (χ3n) is 3.36. The molecule has 1 aliphatic rings. The summed E-state index contributed by atoms with van der Waals surface area (Å²) in [6.07, 6.45) is 5.20. The van der Waals surface area contributed by atoms with Crippen molar-refractivity contribution in [3.8, 4) is 0 Å². The molecule has 7 heteroatoms. The number of nitrogens with zero attached hydrogens (tertiary/aromatic N) is 3. The third kappa shape index (κ3) is 3.23. The van der Waals surface area contributed by atoms with Gasteiger partial charge in [-0.3, -0.25) is 0 Å². The minimum absolute atomic E-state index is 0.578. The standard InChI is InChI=1S/C13H19N5O2/c1(4-19-6-10-2-5-20-7-10)3-14-12-11-13(16-8-15-11)18-9-17-12/h8-10H,1-7H2,(H2,14,15,16,17,18). The van der Waals surface area contributed by atoms with Crippen LogP contribution in [-0.4, -0.2) is 52.9 Å². The van der Waals surface area contributed by atoms with Crippen molar-refractivity contribution in [2.45, 2.75) is 12.8 Å². The van der Waals surface area contributed by atoms with Gasteiger partial charge in [0.1, 0.15) is 11.8 Å². The average Bonchev–Trinajstić information content (AvgIpc) is 3.13. The van der Waals surface area contributed by atoms with Gasteiger partial charge in [-0.15, -0.1) is 0 Å². The van der Waals surface area contributed by atoms with Crippen molar-refractivity contribution in [1.82, 2.24) is 19.9 Å². The van der Waals surface area contributed by atoms with Gasteiger partial charge in [-0.25, -0.2) is 15.0 Å². The lowest BCUT2D eigenvalue weighted by Gasteiger charge is -2.09. The van der Waals surface area contributed by atoms with Crippen LogP contribution >= 0.6 is 0 Å². The van der Waals surface area contributed by atoms with E-state index in [0.717, 1.165) is 57.1 Å². The summed E-state index contributed by atoms with van der Waals surface area (Å²) in [5.41, 5.74) is 1.52. The third-order valence-corrected chi connectivity index (χ3v) is 3.36. The SMILES string of the molecule is c1nc(NCCCOCC2CCOC2)c2[nH]cnc2n1. The number of hydrogen-bond acceptors (Lipinski definition) is 6. The van der Waals surface area contributed by atoms with Crippen molar-refractivity contribution in [2.24, 2.45) is 5.92 Å². The Morgan fingerprint density at radius 3 is 3.30 bits per heavy atom. The van der Waals surface area contributed by atoms with E-state index in [-0.39, 0.29) is 0 Å². The maximum Gasteiger partial charge on any atom is 0.182 e. The summed E-state index contributed by atoms with van der Waals surface area (Å²) in [4.78, 5) is 15.4. The van der Waals surface area contributed by atoms with Crippen LogP contribution in [0.2, 0.25) is 0 Å². The Labute approximate surface area is 117 Å². The number of hydrogen-bond donors (Lipinski definition) is 2. The maximum absolute atomic E-state index is 5.66. The largest absolute Gasteiger partial charge is 0.381 e. The summed E-state index contributed by atoms with van der Waals surface area (Å²) in [7, 11) is 0. The number of anilines is 1. The highest BCUT2D eigenvalue weighted by Gasteiger charge is 2.15. The first kappa shape index (κ1) is 13.3. The Bertz CT molecular complexity index is 538. The first-order chi connectivity index (χ1) is 9.93. The molecule has 1 aliphatic heterocycles. The predicted molar refractivity (Wildman–Crippen MR) is 74.5 cm³/mol. The molecule has 0 amide bonds. The molecule has 3 heterocycles. The van der Waals surface area contributed by atoms with E-state index in [9.17, 15) is 0 Å². The van der Waals surface area contributed by atoms with E-state index in [1.165, 1.54) is 6.33 Å². The van der Waals surface area contributed by atoms with Crippen LogP contribution in [0.25, 0.3) is 11.2 Å². The van der Waals surface area contributed by atoms with Crippen LogP contribution in [0.3, 0.4) is 0 Å². The highest BCUT2D eigenvalue weighted by molar-refractivity contribution is 5.81. The zero-order valence-corrected chi connectivity index (χ0v) is 11.3. The van der Waals surface area contributed by atoms with E-state index in [2.05, 4.69) is 25.3 Å². The summed E-state index contributed by atoms with van der Waals surface area (Å²) in [5.74, 6) is 1.37. The molecule has 0 aliphatic carbocycles. The van der Waals surface area contributed by atoms with Gasteiger partial charge in [-0.1, -0.05) is 0 Å². The molecule has 1 atom stereocenters. The lowest BCUT2D eigenvalue weighted by Crippen LogP contribution is -2.12. The highest BCUT2D eigenvalue weighted by atomic mass is 16.5. The molecule has 0 spiro atoms. The topological polar surface area (TPSA) is 85.0 Å². The number of H-pyrrole nitrogens is 1. The number of aromatic amines is 1. The maximum atomic E-state index is 5.66. The minimum Gasteiger partial charge on any atom is -0.381 e. The van der Waals surface area contributed by atoms with Gasteiger partial charge in [0.25, 0.3) is 0 Å². The van der Waals surface area contributed by atoms with Gasteiger partial charge < -0.3 is 19.8 Å². The predicted octanol–water partition coefficient (Wildman–Crippen LogP) is 1.21. The van der Waals surface area contributed by atoms with Gasteiger partial charge in [0.15, 0.2) is 11.5 Å². The number of fused-ring (bicyclic) bond motifs is 1. The molecule has 108 valence electrons. The van der Waals surface area contributed by atoms with Crippen LogP contribution in [0, 0.1) is 5.92 Å². The molecule has 0 radical (unpaired) electrons. The van der Waals surface area contributed by atoms with Crippen LogP contribution in [-0.2, 0) is 9.47 Å². The van der Waals surface area contributed by atoms with Crippen molar-refractivity contribution < 1.29 is 9.47 Å². The molecule has 0 aromatic carbocycles. The molecule has 0 saturated carbocycles. The summed E-state index contributed by atoms with van der Waals surface area (Å²) in [6, 6.07) is 0. The van der Waals surface area contributed by atoms with E-state index in [4.69, 9.17) is 9.47 Å². The van der Waals surface area contributed by atoms with Crippen LogP contribution in [0.4, 0.5) is 5.82 Å². The lowest BCUT2D eigenvalue weighted by atomic mass is 10.1. The van der Waals surface area contributed by atoms with E-state index >= 15 is 0 Å². The first-order valence-electron chi connectivity index (χ1n) is 6.97. The molecular formula is C13H19N5O2. The van der Waals surface area contributed by atoms with Gasteiger partial charge in [0.05, 0.1) is 19.5 Å². The minimum atomic E-state index is 0.578. The Morgan fingerprint density at radius 1 is 1.40 bits per heavy atom. The smallest absolute Gasteiger partial charge is 0.182 e. The van der Waals surface area contributed by atoms with Crippen molar-refractivity contribution >= 4 is 17.0 Å². The van der Waals surface area contributed by atoms with Crippen molar-refractivity contribution in [3.05, 3.63) is 12.7 Å². The number of imidazole rings is 1. The summed E-state index contributed by atoms with van der Waals surface area (Å²) in [5, 5.41) is 3.28. The number of nitrogens with one attached hydrogen (secondary N) is 2. The highest BCUT2D eigenvalue weighted by Crippen LogP contribution is 2.14. The van der Waals surface area contributed by atoms with E-state index in [1.807, 2.05) is 0 Å². The molecule has 0 bridgehead atoms. The molecule has 1 fully saturated rings. The number of ether oxygens (including phenoxy) is 2. The fraction of sp³-hybridized carbons (Fsp3) is 0.615. The normalized spacial score (nSPS) is 18.7. The molecule has 3 rings (SSSR count). The Kier molecular flexibility index (Phi) is 4.39. The van der Waals surface area contributed by atoms with Crippen LogP contribution < -0.4 is 5.32 Å². The van der Waals surface area contributed by atoms with Crippen molar-refractivity contribution in [1.29, 1.82) is 0 Å². The number of aromatic nitrogens is 4. The van der Waals surface area contributed by atoms with E-state index in [1.54, 1.807) is 6.33 Å². The quantitative estimate of drug-likeness (QED) is 0.740. The zero-order valence-electron chi connectivity index (χ0n) is 11.3. The number of rotatable bonds is 7. The second-order valence-corrected chi connectivity index (χ2v) is 4.91. The van der Waals surface area contributed by atoms with Crippen molar-refractivity contribution in [2.75, 3.05) is 38.3 Å². The van der Waals surface area contributed by atoms with E-state index < -0.39 is 0 Å². The molecule has 2 N–H and O–H groups in total. The van der Waals surface area contributed by atoms with Gasteiger partial charge in [0.2, 0.25) is 0 Å². The molecule has 1 unspecified atom stereocenters. The Hall–Kier alpha value is -1.73. The van der Waals surface area contributed by atoms with E-state index in [0.29, 0.717) is 11.6 Å². The molecule has 20 heavy (non-hydrogen) atoms. The Morgan fingerprint density at radius 2 is 2.40 bits per heavy atom. The molecule has 7 nitrogen and oxygen atoms in total. The zero-order chi connectivity index (χ0) is 13.6. The fourth-order valence-corrected chi connectivity index (χ4v) is 2.24. The van der Waals surface area contributed by atoms with Crippen LogP contribution in [0.1, 0.15) is 12.8 Å². The molecule has 1 saturated heterocycles. The van der Waals surface area contributed by atoms with Crippen LogP contribution in [0.5, 0.6) is 0 Å². The summed E-state index contributed by atoms with van der Waals surface area (Å²) < 4.78 is 11.0. The average molecular weight is 277 g/mol. The first-order valence-corrected chi connectivity index (χ1v) is 6.97. The molecular weight excluding hydrogens is 258 g/mol. The molecule has 2 aromatic heterocycles. The summed E-state index contributed by atoms with van der Waals surface area (Å²) in [6.45, 7) is 4.09.